The van der Waals surface area contributed by atoms with Crippen molar-refractivity contribution in [2.45, 2.75) is 31.7 Å². The fourth-order valence-electron chi connectivity index (χ4n) is 2.83. The Bertz CT molecular complexity index is 1060. The lowest BCUT2D eigenvalue weighted by atomic mass is 9.98. The van der Waals surface area contributed by atoms with Crippen molar-refractivity contribution in [3.8, 4) is 11.1 Å². The van der Waals surface area contributed by atoms with Crippen LogP contribution in [-0.4, -0.2) is 31.7 Å². The number of aromatic nitrogens is 2. The molecule has 1 heterocycles. The molecule has 3 aromatic rings. The van der Waals surface area contributed by atoms with Crippen LogP contribution in [0.4, 0.5) is 5.82 Å². The monoisotopic (exact) mass is 370 g/mol. The van der Waals surface area contributed by atoms with Gasteiger partial charge in [0.25, 0.3) is 0 Å². The highest BCUT2D eigenvalue weighted by Crippen LogP contribution is 2.30. The molecule has 2 N–H and O–H groups in total. The Morgan fingerprint density at radius 3 is 2.54 bits per heavy atom. The molecule has 0 spiro atoms. The van der Waals surface area contributed by atoms with E-state index in [0.717, 1.165) is 33.3 Å². The molecule has 3 rings (SSSR count). The fraction of sp³-hybridized carbons (Fsp3) is 0.263. The molecule has 0 saturated carbocycles. The van der Waals surface area contributed by atoms with Crippen LogP contribution in [0.2, 0.25) is 0 Å². The van der Waals surface area contributed by atoms with Crippen molar-refractivity contribution < 1.29 is 8.42 Å². The standard InChI is InChI=1S/C19H22N4O2S/c1-12(2)22-19-17-8-6-14(9-15(17)11-21-23-19)18-10-16(7-5-13(18)3)26(24,25)20-4/h5-12,20H,1-4H3,(H,22,23). The van der Waals surface area contributed by atoms with Gasteiger partial charge in [-0.05, 0) is 68.8 Å². The molecule has 0 atom stereocenters. The summed E-state index contributed by atoms with van der Waals surface area (Å²) in [5.74, 6) is 0.743. The largest absolute Gasteiger partial charge is 0.366 e. The van der Waals surface area contributed by atoms with E-state index in [-0.39, 0.29) is 10.9 Å². The second-order valence-corrected chi connectivity index (χ2v) is 8.37. The number of sulfonamides is 1. The Labute approximate surface area is 153 Å². The molecule has 0 aliphatic heterocycles. The zero-order chi connectivity index (χ0) is 18.9. The van der Waals surface area contributed by atoms with Gasteiger partial charge < -0.3 is 5.32 Å². The quantitative estimate of drug-likeness (QED) is 0.720. The summed E-state index contributed by atoms with van der Waals surface area (Å²) in [6.45, 7) is 6.06. The Morgan fingerprint density at radius 2 is 1.85 bits per heavy atom. The number of anilines is 1. The predicted molar refractivity (Wildman–Crippen MR) is 105 cm³/mol. The van der Waals surface area contributed by atoms with Crippen LogP contribution >= 0.6 is 0 Å². The van der Waals surface area contributed by atoms with Crippen LogP contribution in [0, 0.1) is 6.92 Å². The number of nitrogens with one attached hydrogen (secondary N) is 2. The van der Waals surface area contributed by atoms with Crippen molar-refractivity contribution in [3.05, 3.63) is 48.2 Å². The van der Waals surface area contributed by atoms with Crippen LogP contribution in [0.15, 0.2) is 47.5 Å². The minimum atomic E-state index is -3.49. The van der Waals surface area contributed by atoms with E-state index in [4.69, 9.17) is 0 Å². The highest BCUT2D eigenvalue weighted by Gasteiger charge is 2.14. The van der Waals surface area contributed by atoms with Gasteiger partial charge in [-0.25, -0.2) is 13.1 Å². The minimum Gasteiger partial charge on any atom is -0.366 e. The minimum absolute atomic E-state index is 0.246. The lowest BCUT2D eigenvalue weighted by molar-refractivity contribution is 0.588. The fourth-order valence-corrected chi connectivity index (χ4v) is 3.59. The molecular weight excluding hydrogens is 348 g/mol. The number of hydrogen-bond donors (Lipinski definition) is 2. The number of aryl methyl sites for hydroxylation is 1. The van der Waals surface area contributed by atoms with E-state index in [2.05, 4.69) is 20.2 Å². The maximum Gasteiger partial charge on any atom is 0.240 e. The van der Waals surface area contributed by atoms with Gasteiger partial charge in [0.1, 0.15) is 0 Å². The molecule has 1 aromatic heterocycles. The van der Waals surface area contributed by atoms with Crippen molar-refractivity contribution in [1.29, 1.82) is 0 Å². The highest BCUT2D eigenvalue weighted by molar-refractivity contribution is 7.89. The summed E-state index contributed by atoms with van der Waals surface area (Å²) in [5, 5.41) is 13.5. The Balaban J connectivity index is 2.13. The number of rotatable bonds is 5. The third-order valence-electron chi connectivity index (χ3n) is 4.19. The van der Waals surface area contributed by atoms with Crippen LogP contribution in [0.5, 0.6) is 0 Å². The van der Waals surface area contributed by atoms with Gasteiger partial charge in [-0.3, -0.25) is 0 Å². The lowest BCUT2D eigenvalue weighted by Crippen LogP contribution is -2.18. The summed E-state index contributed by atoms with van der Waals surface area (Å²) in [6, 6.07) is 11.4. The van der Waals surface area contributed by atoms with Crippen molar-refractivity contribution in [3.63, 3.8) is 0 Å². The van der Waals surface area contributed by atoms with E-state index < -0.39 is 10.0 Å². The van der Waals surface area contributed by atoms with Crippen molar-refractivity contribution in [1.82, 2.24) is 14.9 Å². The molecule has 0 bridgehead atoms. The Kier molecular flexibility index (Phi) is 4.93. The van der Waals surface area contributed by atoms with Crippen LogP contribution in [0.1, 0.15) is 19.4 Å². The first-order chi connectivity index (χ1) is 12.3. The Morgan fingerprint density at radius 1 is 1.08 bits per heavy atom. The van der Waals surface area contributed by atoms with Crippen LogP contribution in [0.25, 0.3) is 21.9 Å². The molecule has 0 radical (unpaired) electrons. The molecule has 0 amide bonds. The summed E-state index contributed by atoms with van der Waals surface area (Å²) < 4.78 is 26.6. The molecule has 0 aliphatic rings. The van der Waals surface area contributed by atoms with Crippen molar-refractivity contribution >= 4 is 26.6 Å². The number of hydrogen-bond acceptors (Lipinski definition) is 5. The molecule has 0 fully saturated rings. The first-order valence-corrected chi connectivity index (χ1v) is 9.86. The number of benzene rings is 2. The van der Waals surface area contributed by atoms with Gasteiger partial charge >= 0.3 is 0 Å². The molecule has 0 saturated heterocycles. The van der Waals surface area contributed by atoms with Gasteiger partial charge in [-0.1, -0.05) is 12.1 Å². The molecule has 7 heteroatoms. The van der Waals surface area contributed by atoms with E-state index in [9.17, 15) is 8.42 Å². The first-order valence-electron chi connectivity index (χ1n) is 8.38. The zero-order valence-corrected chi connectivity index (χ0v) is 16.1. The maximum absolute atomic E-state index is 12.1. The van der Waals surface area contributed by atoms with Crippen LogP contribution in [0.3, 0.4) is 0 Å². The van der Waals surface area contributed by atoms with E-state index in [1.807, 2.05) is 45.0 Å². The average Bonchev–Trinajstić information content (AvgIpc) is 2.61. The molecule has 0 unspecified atom stereocenters. The molecule has 136 valence electrons. The van der Waals surface area contributed by atoms with E-state index in [1.54, 1.807) is 18.3 Å². The van der Waals surface area contributed by atoms with E-state index >= 15 is 0 Å². The number of nitrogens with zero attached hydrogens (tertiary/aromatic N) is 2. The maximum atomic E-state index is 12.1. The molecule has 2 aromatic carbocycles. The normalized spacial score (nSPS) is 11.9. The van der Waals surface area contributed by atoms with E-state index in [1.165, 1.54) is 7.05 Å². The van der Waals surface area contributed by atoms with Gasteiger partial charge in [-0.15, -0.1) is 5.10 Å². The van der Waals surface area contributed by atoms with Crippen LogP contribution in [-0.2, 0) is 10.0 Å². The summed E-state index contributed by atoms with van der Waals surface area (Å²) in [6.07, 6.45) is 1.72. The lowest BCUT2D eigenvalue weighted by Gasteiger charge is -2.13. The highest BCUT2D eigenvalue weighted by atomic mass is 32.2. The van der Waals surface area contributed by atoms with Gasteiger partial charge in [0.2, 0.25) is 10.0 Å². The second kappa shape index (κ2) is 7.01. The molecular formula is C19H22N4O2S. The third kappa shape index (κ3) is 3.54. The van der Waals surface area contributed by atoms with Gasteiger partial charge in [0.05, 0.1) is 11.1 Å². The van der Waals surface area contributed by atoms with Crippen molar-refractivity contribution in [2.75, 3.05) is 12.4 Å². The van der Waals surface area contributed by atoms with E-state index in [0.29, 0.717) is 0 Å². The summed E-state index contributed by atoms with van der Waals surface area (Å²) >= 11 is 0. The second-order valence-electron chi connectivity index (χ2n) is 6.48. The predicted octanol–water partition coefficient (Wildman–Crippen LogP) is 3.33. The average molecular weight is 370 g/mol. The third-order valence-corrected chi connectivity index (χ3v) is 5.60. The Hall–Kier alpha value is -2.51. The van der Waals surface area contributed by atoms with Gasteiger partial charge in [0.15, 0.2) is 5.82 Å². The zero-order valence-electron chi connectivity index (χ0n) is 15.2. The van der Waals surface area contributed by atoms with Gasteiger partial charge in [-0.2, -0.15) is 5.10 Å². The topological polar surface area (TPSA) is 84.0 Å². The van der Waals surface area contributed by atoms with Crippen molar-refractivity contribution in [2.24, 2.45) is 0 Å². The van der Waals surface area contributed by atoms with Crippen LogP contribution < -0.4 is 10.0 Å². The molecule has 0 aliphatic carbocycles. The first kappa shape index (κ1) is 18.3. The SMILES string of the molecule is CNS(=O)(=O)c1ccc(C)c(-c2ccc3c(NC(C)C)nncc3c2)c1. The summed E-state index contributed by atoms with van der Waals surface area (Å²) in [7, 11) is -2.08. The summed E-state index contributed by atoms with van der Waals surface area (Å²) in [4.78, 5) is 0.246. The van der Waals surface area contributed by atoms with Gasteiger partial charge in [0, 0.05) is 16.8 Å². The molecule has 6 nitrogen and oxygen atoms in total. The number of fused-ring (bicyclic) bond motifs is 1. The summed E-state index contributed by atoms with van der Waals surface area (Å²) in [5.41, 5.74) is 2.81. The smallest absolute Gasteiger partial charge is 0.240 e. The molecule has 26 heavy (non-hydrogen) atoms.